The van der Waals surface area contributed by atoms with Crippen LogP contribution in [-0.2, 0) is 11.3 Å². The van der Waals surface area contributed by atoms with E-state index >= 15 is 0 Å². The average Bonchev–Trinajstić information content (AvgIpc) is 3.15. The largest absolute Gasteiger partial charge is 0.351 e. The van der Waals surface area contributed by atoms with Crippen LogP contribution in [-0.4, -0.2) is 21.7 Å². The van der Waals surface area contributed by atoms with E-state index < -0.39 is 6.03 Å². The molecule has 0 atom stereocenters. The van der Waals surface area contributed by atoms with Crippen LogP contribution in [0.1, 0.15) is 11.1 Å². The number of primary amides is 1. The number of anilines is 1. The Morgan fingerprint density at radius 2 is 1.81 bits per heavy atom. The summed E-state index contributed by atoms with van der Waals surface area (Å²) in [5.41, 5.74) is 8.35. The Balaban J connectivity index is 1.52. The number of para-hydroxylation sites is 1. The van der Waals surface area contributed by atoms with Crippen LogP contribution >= 0.6 is 0 Å². The lowest BCUT2D eigenvalue weighted by Crippen LogP contribution is -2.20. The van der Waals surface area contributed by atoms with Crippen LogP contribution in [0.3, 0.4) is 0 Å². The number of rotatable bonds is 6. The van der Waals surface area contributed by atoms with E-state index in [9.17, 15) is 9.59 Å². The predicted octanol–water partition coefficient (Wildman–Crippen LogP) is 2.69. The van der Waals surface area contributed by atoms with E-state index in [0.29, 0.717) is 12.2 Å². The highest BCUT2D eigenvalue weighted by atomic mass is 16.2. The molecule has 2 aromatic carbocycles. The van der Waals surface area contributed by atoms with Crippen molar-refractivity contribution in [1.82, 2.24) is 15.1 Å². The summed E-state index contributed by atoms with van der Waals surface area (Å²) in [5.74, 6) is -0.207. The molecule has 0 aliphatic heterocycles. The second-order valence-corrected chi connectivity index (χ2v) is 5.79. The Bertz CT molecular complexity index is 946. The predicted molar refractivity (Wildman–Crippen MR) is 104 cm³/mol. The molecule has 27 heavy (non-hydrogen) atoms. The minimum Gasteiger partial charge on any atom is -0.351 e. The Hall–Kier alpha value is -3.87. The van der Waals surface area contributed by atoms with Gasteiger partial charge in [0.05, 0.1) is 11.9 Å². The zero-order valence-electron chi connectivity index (χ0n) is 14.5. The third-order valence-corrected chi connectivity index (χ3v) is 3.74. The quantitative estimate of drug-likeness (QED) is 0.588. The van der Waals surface area contributed by atoms with Crippen LogP contribution in [0.2, 0.25) is 0 Å². The van der Waals surface area contributed by atoms with Crippen molar-refractivity contribution >= 4 is 23.7 Å². The third kappa shape index (κ3) is 5.30. The second kappa shape index (κ2) is 8.48. The van der Waals surface area contributed by atoms with Crippen LogP contribution in [0.25, 0.3) is 11.8 Å². The van der Waals surface area contributed by atoms with Gasteiger partial charge in [-0.05, 0) is 35.9 Å². The molecule has 0 aliphatic rings. The van der Waals surface area contributed by atoms with Crippen molar-refractivity contribution in [3.05, 3.63) is 84.2 Å². The fourth-order valence-electron chi connectivity index (χ4n) is 2.41. The van der Waals surface area contributed by atoms with Crippen LogP contribution < -0.4 is 16.4 Å². The van der Waals surface area contributed by atoms with Crippen molar-refractivity contribution in [2.24, 2.45) is 5.73 Å². The summed E-state index contributed by atoms with van der Waals surface area (Å²) in [5, 5.41) is 9.57. The fraction of sp³-hybridized carbons (Fsp3) is 0.0500. The molecule has 0 saturated carbocycles. The molecule has 4 N–H and O–H groups in total. The normalized spacial score (nSPS) is 10.7. The summed E-state index contributed by atoms with van der Waals surface area (Å²) in [4.78, 5) is 22.8. The van der Waals surface area contributed by atoms with Gasteiger partial charge in [0.1, 0.15) is 0 Å². The highest BCUT2D eigenvalue weighted by Crippen LogP contribution is 2.10. The molecule has 1 heterocycles. The first-order chi connectivity index (χ1) is 13.1. The molecule has 0 saturated heterocycles. The Kier molecular flexibility index (Phi) is 5.64. The third-order valence-electron chi connectivity index (χ3n) is 3.74. The zero-order valence-corrected chi connectivity index (χ0v) is 14.5. The number of carbonyl (C=O) groups excluding carboxylic acids is 2. The van der Waals surface area contributed by atoms with Crippen molar-refractivity contribution in [2.75, 3.05) is 5.32 Å². The second-order valence-electron chi connectivity index (χ2n) is 5.79. The number of benzene rings is 2. The number of nitrogens with one attached hydrogen (secondary N) is 2. The van der Waals surface area contributed by atoms with Crippen LogP contribution in [0.15, 0.2) is 73.1 Å². The number of hydrogen-bond donors (Lipinski definition) is 3. The number of nitrogens with two attached hydrogens (primary N) is 1. The van der Waals surface area contributed by atoms with Gasteiger partial charge < -0.3 is 16.4 Å². The van der Waals surface area contributed by atoms with Gasteiger partial charge in [0.2, 0.25) is 5.91 Å². The molecule has 0 spiro atoms. The van der Waals surface area contributed by atoms with Gasteiger partial charge in [-0.15, -0.1) is 0 Å². The van der Waals surface area contributed by atoms with Crippen molar-refractivity contribution in [3.8, 4) is 5.69 Å². The van der Waals surface area contributed by atoms with E-state index in [1.165, 1.54) is 6.08 Å². The lowest BCUT2D eigenvalue weighted by atomic mass is 10.2. The molecule has 1 aromatic heterocycles. The van der Waals surface area contributed by atoms with E-state index in [1.807, 2.05) is 36.5 Å². The van der Waals surface area contributed by atoms with Crippen LogP contribution in [0.4, 0.5) is 10.5 Å². The molecule has 7 nitrogen and oxygen atoms in total. The number of aromatic nitrogens is 2. The SMILES string of the molecule is NC(=O)Nc1ccc(CNC(=O)/C=C/c2cnn(-c3ccccc3)c2)cc1. The molecule has 0 aliphatic carbocycles. The molecule has 0 bridgehead atoms. The summed E-state index contributed by atoms with van der Waals surface area (Å²) in [7, 11) is 0. The van der Waals surface area contributed by atoms with Crippen LogP contribution in [0, 0.1) is 0 Å². The molecule has 136 valence electrons. The van der Waals surface area contributed by atoms with Crippen molar-refractivity contribution < 1.29 is 9.59 Å². The summed E-state index contributed by atoms with van der Waals surface area (Å²) in [6.45, 7) is 0.378. The number of nitrogens with zero attached hydrogens (tertiary/aromatic N) is 2. The number of urea groups is 1. The lowest BCUT2D eigenvalue weighted by Gasteiger charge is -2.05. The highest BCUT2D eigenvalue weighted by molar-refractivity contribution is 5.91. The molecule has 0 unspecified atom stereocenters. The van der Waals surface area contributed by atoms with Gasteiger partial charge in [-0.2, -0.15) is 5.10 Å². The summed E-state index contributed by atoms with van der Waals surface area (Å²) < 4.78 is 1.75. The monoisotopic (exact) mass is 361 g/mol. The van der Waals surface area contributed by atoms with E-state index in [1.54, 1.807) is 41.2 Å². The Morgan fingerprint density at radius 1 is 1.07 bits per heavy atom. The molecule has 3 rings (SSSR count). The molecular formula is C20H19N5O2. The molecule has 7 heteroatoms. The maximum Gasteiger partial charge on any atom is 0.316 e. The fourth-order valence-corrected chi connectivity index (χ4v) is 2.41. The molecule has 0 fully saturated rings. The number of amides is 3. The summed E-state index contributed by atoms with van der Waals surface area (Å²) >= 11 is 0. The molecule has 3 amide bonds. The maximum atomic E-state index is 12.0. The van der Waals surface area contributed by atoms with Crippen molar-refractivity contribution in [3.63, 3.8) is 0 Å². The number of hydrogen-bond acceptors (Lipinski definition) is 3. The van der Waals surface area contributed by atoms with Gasteiger partial charge in [-0.1, -0.05) is 30.3 Å². The van der Waals surface area contributed by atoms with Gasteiger partial charge in [-0.25, -0.2) is 9.48 Å². The Labute approximate surface area is 156 Å². The van der Waals surface area contributed by atoms with E-state index in [2.05, 4.69) is 15.7 Å². The standard InChI is InChI=1S/C20H19N5O2/c21-20(27)24-17-9-6-15(7-10-17)12-22-19(26)11-8-16-13-23-25(14-16)18-4-2-1-3-5-18/h1-11,13-14H,12H2,(H,22,26)(H3,21,24,27)/b11-8+. The minimum atomic E-state index is -0.614. The van der Waals surface area contributed by atoms with E-state index in [4.69, 9.17) is 5.73 Å². The van der Waals surface area contributed by atoms with Crippen LogP contribution in [0.5, 0.6) is 0 Å². The van der Waals surface area contributed by atoms with Gasteiger partial charge >= 0.3 is 6.03 Å². The molecule has 3 aromatic rings. The first-order valence-corrected chi connectivity index (χ1v) is 8.31. The summed E-state index contributed by atoms with van der Waals surface area (Å²) in [6, 6.07) is 16.2. The Morgan fingerprint density at radius 3 is 2.52 bits per heavy atom. The highest BCUT2D eigenvalue weighted by Gasteiger charge is 2.01. The maximum absolute atomic E-state index is 12.0. The van der Waals surface area contributed by atoms with E-state index in [0.717, 1.165) is 16.8 Å². The minimum absolute atomic E-state index is 0.207. The topological polar surface area (TPSA) is 102 Å². The zero-order chi connectivity index (χ0) is 19.1. The van der Waals surface area contributed by atoms with Gasteiger partial charge in [0, 0.05) is 30.1 Å². The molecular weight excluding hydrogens is 342 g/mol. The van der Waals surface area contributed by atoms with Crippen molar-refractivity contribution in [1.29, 1.82) is 0 Å². The smallest absolute Gasteiger partial charge is 0.316 e. The average molecular weight is 361 g/mol. The van der Waals surface area contributed by atoms with Gasteiger partial charge in [0.25, 0.3) is 0 Å². The van der Waals surface area contributed by atoms with Crippen molar-refractivity contribution in [2.45, 2.75) is 6.54 Å². The van der Waals surface area contributed by atoms with E-state index in [-0.39, 0.29) is 5.91 Å². The number of carbonyl (C=O) groups is 2. The summed E-state index contributed by atoms with van der Waals surface area (Å²) in [6.07, 6.45) is 6.72. The first kappa shape index (κ1) is 17.9. The van der Waals surface area contributed by atoms with Gasteiger partial charge in [0.15, 0.2) is 0 Å². The molecule has 0 radical (unpaired) electrons. The van der Waals surface area contributed by atoms with Gasteiger partial charge in [-0.3, -0.25) is 4.79 Å². The first-order valence-electron chi connectivity index (χ1n) is 8.31. The lowest BCUT2D eigenvalue weighted by molar-refractivity contribution is -0.116.